The zero-order chi connectivity index (χ0) is 15.1. The van der Waals surface area contributed by atoms with Crippen LogP contribution in [0.15, 0.2) is 0 Å². The number of nitrogens with one attached hydrogen (secondary N) is 1. The first kappa shape index (κ1) is 14.2. The number of hydrogen-bond donors (Lipinski definition) is 3. The number of piperidine rings is 1. The topological polar surface area (TPSA) is 89.8 Å². The molecule has 3 fully saturated rings. The monoisotopic (exact) mass is 301 g/mol. The van der Waals surface area contributed by atoms with E-state index in [0.717, 1.165) is 0 Å². The third-order valence-electron chi connectivity index (χ3n) is 5.90. The fourth-order valence-corrected chi connectivity index (χ4v) is 4.92. The largest absolute Gasteiger partial charge is 0.383 e. The van der Waals surface area contributed by atoms with Crippen molar-refractivity contribution in [3.63, 3.8) is 0 Å². The van der Waals surface area contributed by atoms with Crippen molar-refractivity contribution in [1.29, 1.82) is 0 Å². The van der Waals surface area contributed by atoms with Crippen LogP contribution in [-0.4, -0.2) is 22.1 Å². The second kappa shape index (κ2) is 5.69. The van der Waals surface area contributed by atoms with Gasteiger partial charge in [0.2, 0.25) is 5.95 Å². The van der Waals surface area contributed by atoms with Crippen molar-refractivity contribution in [1.82, 2.24) is 15.3 Å². The molecule has 2 unspecified atom stereocenters. The molecule has 5 nitrogen and oxygen atoms in total. The molecule has 3 heterocycles. The van der Waals surface area contributed by atoms with Crippen molar-refractivity contribution < 1.29 is 0 Å². The number of anilines is 2. The van der Waals surface area contributed by atoms with E-state index in [9.17, 15) is 0 Å². The lowest BCUT2D eigenvalue weighted by Crippen LogP contribution is -2.38. The minimum absolute atomic E-state index is 0.346. The Bertz CT molecular complexity index is 540. The van der Waals surface area contributed by atoms with E-state index < -0.39 is 0 Å². The molecule has 1 aromatic rings. The predicted molar refractivity (Wildman–Crippen MR) is 88.6 cm³/mol. The van der Waals surface area contributed by atoms with Crippen LogP contribution in [0.5, 0.6) is 0 Å². The Morgan fingerprint density at radius 3 is 2.18 bits per heavy atom. The highest BCUT2D eigenvalue weighted by Crippen LogP contribution is 2.44. The number of nitrogen functional groups attached to an aromatic ring is 2. The number of hydrogen-bond acceptors (Lipinski definition) is 5. The molecule has 22 heavy (non-hydrogen) atoms. The Kier molecular flexibility index (Phi) is 3.68. The molecule has 2 saturated heterocycles. The molecule has 5 heteroatoms. The molecule has 0 spiro atoms. The minimum Gasteiger partial charge on any atom is -0.383 e. The zero-order valence-electron chi connectivity index (χ0n) is 13.2. The summed E-state index contributed by atoms with van der Waals surface area (Å²) in [4.78, 5) is 8.97. The highest BCUT2D eigenvalue weighted by Gasteiger charge is 2.37. The molecule has 120 valence electrons. The summed E-state index contributed by atoms with van der Waals surface area (Å²) in [5.74, 6) is 2.03. The van der Waals surface area contributed by atoms with Crippen LogP contribution < -0.4 is 16.8 Å². The second-order valence-electron chi connectivity index (χ2n) is 7.41. The van der Waals surface area contributed by atoms with Gasteiger partial charge in [-0.1, -0.05) is 19.3 Å². The molecule has 1 aliphatic carbocycles. The van der Waals surface area contributed by atoms with Crippen LogP contribution in [0.25, 0.3) is 0 Å². The Morgan fingerprint density at radius 2 is 1.50 bits per heavy atom. The van der Waals surface area contributed by atoms with Gasteiger partial charge in [0.25, 0.3) is 0 Å². The normalized spacial score (nSPS) is 32.3. The van der Waals surface area contributed by atoms with E-state index in [2.05, 4.69) is 15.3 Å². The lowest BCUT2D eigenvalue weighted by molar-refractivity contribution is 0.357. The SMILES string of the molecule is Nc1nc(N)c(C2CC3CCC(C2)N3)c(C2CCCCC2)n1. The van der Waals surface area contributed by atoms with Gasteiger partial charge in [0, 0.05) is 23.6 Å². The van der Waals surface area contributed by atoms with Crippen molar-refractivity contribution >= 4 is 11.8 Å². The quantitative estimate of drug-likeness (QED) is 0.781. The molecule has 5 N–H and O–H groups in total. The molecule has 2 aliphatic heterocycles. The van der Waals surface area contributed by atoms with E-state index in [-0.39, 0.29) is 0 Å². The van der Waals surface area contributed by atoms with E-state index >= 15 is 0 Å². The fraction of sp³-hybridized carbons (Fsp3) is 0.765. The van der Waals surface area contributed by atoms with E-state index in [1.165, 1.54) is 69.0 Å². The van der Waals surface area contributed by atoms with Gasteiger partial charge < -0.3 is 16.8 Å². The van der Waals surface area contributed by atoms with Crippen molar-refractivity contribution in [3.8, 4) is 0 Å². The van der Waals surface area contributed by atoms with Gasteiger partial charge >= 0.3 is 0 Å². The van der Waals surface area contributed by atoms with Gasteiger partial charge in [-0.2, -0.15) is 4.98 Å². The average Bonchev–Trinajstić information content (AvgIpc) is 2.86. The van der Waals surface area contributed by atoms with Gasteiger partial charge in [0.1, 0.15) is 5.82 Å². The third-order valence-corrected chi connectivity index (χ3v) is 5.90. The lowest BCUT2D eigenvalue weighted by Gasteiger charge is -2.33. The van der Waals surface area contributed by atoms with E-state index in [0.29, 0.717) is 35.7 Å². The van der Waals surface area contributed by atoms with Crippen molar-refractivity contribution in [2.24, 2.45) is 0 Å². The Labute approximate surface area is 132 Å². The zero-order valence-corrected chi connectivity index (χ0v) is 13.2. The molecule has 2 bridgehead atoms. The maximum Gasteiger partial charge on any atom is 0.222 e. The first-order valence-corrected chi connectivity index (χ1v) is 8.89. The average molecular weight is 301 g/mol. The van der Waals surface area contributed by atoms with Gasteiger partial charge in [-0.05, 0) is 44.4 Å². The molecule has 2 atom stereocenters. The smallest absolute Gasteiger partial charge is 0.222 e. The van der Waals surface area contributed by atoms with Crippen LogP contribution in [0.2, 0.25) is 0 Å². The summed E-state index contributed by atoms with van der Waals surface area (Å²) < 4.78 is 0. The summed E-state index contributed by atoms with van der Waals surface area (Å²) in [7, 11) is 0. The number of fused-ring (bicyclic) bond motifs is 2. The molecule has 3 aliphatic rings. The summed E-state index contributed by atoms with van der Waals surface area (Å²) >= 11 is 0. The van der Waals surface area contributed by atoms with Crippen LogP contribution in [0.1, 0.15) is 80.9 Å². The number of nitrogens with two attached hydrogens (primary N) is 2. The van der Waals surface area contributed by atoms with Gasteiger partial charge in [-0.25, -0.2) is 4.98 Å². The Hall–Kier alpha value is -1.36. The molecule has 1 aromatic heterocycles. The predicted octanol–water partition coefficient (Wildman–Crippen LogP) is 2.69. The molecule has 0 aromatic carbocycles. The molecular weight excluding hydrogens is 274 g/mol. The van der Waals surface area contributed by atoms with Gasteiger partial charge in [-0.15, -0.1) is 0 Å². The summed E-state index contributed by atoms with van der Waals surface area (Å²) in [6, 6.07) is 1.31. The number of aromatic nitrogens is 2. The molecule has 0 radical (unpaired) electrons. The number of nitrogens with zero attached hydrogens (tertiary/aromatic N) is 2. The third kappa shape index (κ3) is 2.56. The van der Waals surface area contributed by atoms with Crippen molar-refractivity contribution in [3.05, 3.63) is 11.3 Å². The maximum atomic E-state index is 6.32. The minimum atomic E-state index is 0.346. The van der Waals surface area contributed by atoms with Crippen LogP contribution in [0.4, 0.5) is 11.8 Å². The number of rotatable bonds is 2. The first-order chi connectivity index (χ1) is 10.7. The fourth-order valence-electron chi connectivity index (χ4n) is 4.92. The maximum absolute atomic E-state index is 6.32. The first-order valence-electron chi connectivity index (χ1n) is 8.89. The molecule has 0 amide bonds. The second-order valence-corrected chi connectivity index (χ2v) is 7.41. The highest BCUT2D eigenvalue weighted by molar-refractivity contribution is 5.50. The summed E-state index contributed by atoms with van der Waals surface area (Å²) in [5, 5.41) is 3.71. The standard InChI is InChI=1S/C17H27N5/c18-16-14(11-8-12-6-7-13(9-11)20-12)15(21-17(19)22-16)10-4-2-1-3-5-10/h10-13,20H,1-9H2,(H4,18,19,21,22). The molecule has 4 rings (SSSR count). The summed E-state index contributed by atoms with van der Waals surface area (Å²) in [6.45, 7) is 0. The van der Waals surface area contributed by atoms with Gasteiger partial charge in [-0.3, -0.25) is 0 Å². The van der Waals surface area contributed by atoms with Crippen molar-refractivity contribution in [2.45, 2.75) is 81.7 Å². The van der Waals surface area contributed by atoms with E-state index in [1.807, 2.05) is 0 Å². The highest BCUT2D eigenvalue weighted by atomic mass is 15.1. The van der Waals surface area contributed by atoms with E-state index in [4.69, 9.17) is 11.5 Å². The summed E-state index contributed by atoms with van der Waals surface area (Å²) in [6.07, 6.45) is 11.3. The Balaban J connectivity index is 1.70. The van der Waals surface area contributed by atoms with Gasteiger partial charge in [0.15, 0.2) is 0 Å². The lowest BCUT2D eigenvalue weighted by atomic mass is 9.79. The molecular formula is C17H27N5. The Morgan fingerprint density at radius 1 is 0.818 bits per heavy atom. The van der Waals surface area contributed by atoms with Crippen LogP contribution >= 0.6 is 0 Å². The van der Waals surface area contributed by atoms with Crippen molar-refractivity contribution in [2.75, 3.05) is 11.5 Å². The van der Waals surface area contributed by atoms with Gasteiger partial charge in [0.05, 0.1) is 5.69 Å². The van der Waals surface area contributed by atoms with Crippen LogP contribution in [0.3, 0.4) is 0 Å². The summed E-state index contributed by atoms with van der Waals surface area (Å²) in [5.41, 5.74) is 14.6. The van der Waals surface area contributed by atoms with E-state index in [1.54, 1.807) is 0 Å². The van der Waals surface area contributed by atoms with Crippen LogP contribution in [-0.2, 0) is 0 Å². The molecule has 1 saturated carbocycles. The van der Waals surface area contributed by atoms with Crippen LogP contribution in [0, 0.1) is 0 Å².